The smallest absolute Gasteiger partial charge is 0.397 e. The molecule has 0 saturated carbocycles. The summed E-state index contributed by atoms with van der Waals surface area (Å²) in [7, 11) is 1.97. The van der Waals surface area contributed by atoms with Gasteiger partial charge in [0.25, 0.3) is 5.91 Å². The van der Waals surface area contributed by atoms with Crippen molar-refractivity contribution in [3.05, 3.63) is 89.4 Å². The third-order valence-corrected chi connectivity index (χ3v) is 6.39. The van der Waals surface area contributed by atoms with E-state index in [2.05, 4.69) is 15.2 Å². The Morgan fingerprint density at radius 3 is 2.47 bits per heavy atom. The molecule has 0 spiro atoms. The highest BCUT2D eigenvalue weighted by Gasteiger charge is 2.32. The van der Waals surface area contributed by atoms with Gasteiger partial charge in [-0.25, -0.2) is 5.84 Å². The van der Waals surface area contributed by atoms with E-state index in [9.17, 15) is 18.0 Å². The Morgan fingerprint density at radius 1 is 1.08 bits per heavy atom. The molecule has 0 bridgehead atoms. The molecule has 8 nitrogen and oxygen atoms in total. The predicted octanol–water partition coefficient (Wildman–Crippen LogP) is 4.05. The normalized spacial score (nSPS) is 14.9. The summed E-state index contributed by atoms with van der Waals surface area (Å²) in [5, 5.41) is 3.92. The summed E-state index contributed by atoms with van der Waals surface area (Å²) < 4.78 is 41.0. The summed E-state index contributed by atoms with van der Waals surface area (Å²) in [5.41, 5.74) is 8.35. The number of halogens is 3. The minimum absolute atomic E-state index is 0.0613. The van der Waals surface area contributed by atoms with Gasteiger partial charge in [-0.3, -0.25) is 14.8 Å². The number of alkyl halides is 3. The molecule has 4 rings (SSSR count). The van der Waals surface area contributed by atoms with Crippen LogP contribution in [0.1, 0.15) is 27.0 Å². The van der Waals surface area contributed by atoms with E-state index < -0.39 is 17.6 Å². The Bertz CT molecular complexity index is 1320. The minimum atomic E-state index is -4.56. The number of nitrogens with one attached hydrogen (secondary N) is 1. The molecule has 5 N–H and O–H groups in total. The highest BCUT2D eigenvalue weighted by atomic mass is 19.4. The van der Waals surface area contributed by atoms with E-state index in [4.69, 9.17) is 11.6 Å². The third-order valence-electron chi connectivity index (χ3n) is 6.39. The van der Waals surface area contributed by atoms with Gasteiger partial charge in [0.1, 0.15) is 0 Å². The van der Waals surface area contributed by atoms with Crippen molar-refractivity contribution >= 4 is 28.7 Å². The van der Waals surface area contributed by atoms with E-state index in [1.807, 2.05) is 18.9 Å². The van der Waals surface area contributed by atoms with Gasteiger partial charge >= 0.3 is 6.18 Å². The third kappa shape index (κ3) is 6.42. The molecule has 1 aliphatic heterocycles. The molecule has 0 aliphatic carbocycles. The second kappa shape index (κ2) is 11.1. The monoisotopic (exact) mass is 525 g/mol. The fourth-order valence-electron chi connectivity index (χ4n) is 4.15. The number of nitrogens with two attached hydrogens (primary N) is 2. The lowest BCUT2D eigenvalue weighted by Gasteiger charge is -2.34. The van der Waals surface area contributed by atoms with Gasteiger partial charge in [0.15, 0.2) is 0 Å². The van der Waals surface area contributed by atoms with Crippen LogP contribution in [0.25, 0.3) is 5.70 Å². The van der Waals surface area contributed by atoms with Crippen LogP contribution in [0.4, 0.5) is 30.2 Å². The highest BCUT2D eigenvalue weighted by molar-refractivity contribution is 6.05. The van der Waals surface area contributed by atoms with Gasteiger partial charge in [0.2, 0.25) is 0 Å². The maximum atomic E-state index is 13.7. The zero-order valence-corrected chi connectivity index (χ0v) is 21.2. The number of anilines is 3. The number of nitrogens with zero attached hydrogens (tertiary/aromatic N) is 4. The van der Waals surface area contributed by atoms with Gasteiger partial charge in [-0.2, -0.15) is 13.2 Å². The zero-order chi connectivity index (χ0) is 27.4. The van der Waals surface area contributed by atoms with Crippen molar-refractivity contribution in [1.29, 1.82) is 0 Å². The number of pyridine rings is 1. The molecule has 11 heteroatoms. The van der Waals surface area contributed by atoms with Crippen LogP contribution in [0.15, 0.2) is 67.1 Å². The van der Waals surface area contributed by atoms with E-state index >= 15 is 0 Å². The topological polar surface area (TPSA) is 104 Å². The second-order valence-electron chi connectivity index (χ2n) is 9.25. The second-order valence-corrected chi connectivity index (χ2v) is 9.25. The number of likely N-dealkylation sites (N-methyl/N-ethyl adjacent to an activating group) is 1. The van der Waals surface area contributed by atoms with E-state index in [0.717, 1.165) is 30.8 Å². The maximum absolute atomic E-state index is 13.7. The van der Waals surface area contributed by atoms with Crippen molar-refractivity contribution in [2.24, 2.45) is 11.6 Å². The maximum Gasteiger partial charge on any atom is 0.416 e. The first kappa shape index (κ1) is 27.0. The number of carbonyl (C=O) groups is 1. The molecule has 2 heterocycles. The summed E-state index contributed by atoms with van der Waals surface area (Å²) in [5.74, 6) is 5.66. The molecule has 2 aromatic carbocycles. The summed E-state index contributed by atoms with van der Waals surface area (Å²) in [6, 6.07) is 12.0. The van der Waals surface area contributed by atoms with Gasteiger partial charge in [-0.05, 0) is 62.0 Å². The zero-order valence-electron chi connectivity index (χ0n) is 21.2. The number of benzene rings is 2. The number of hydrazine groups is 1. The number of carbonyl (C=O) groups excluding carboxylic acids is 1. The molecule has 1 amide bonds. The lowest BCUT2D eigenvalue weighted by atomic mass is 10.1. The summed E-state index contributed by atoms with van der Waals surface area (Å²) in [4.78, 5) is 21.1. The molecule has 200 valence electrons. The predicted molar refractivity (Wildman–Crippen MR) is 143 cm³/mol. The Balaban J connectivity index is 1.59. The van der Waals surface area contributed by atoms with Crippen molar-refractivity contribution in [3.8, 4) is 0 Å². The van der Waals surface area contributed by atoms with Gasteiger partial charge in [0, 0.05) is 67.3 Å². The lowest BCUT2D eigenvalue weighted by molar-refractivity contribution is -0.137. The summed E-state index contributed by atoms with van der Waals surface area (Å²) in [6.07, 6.45) is 0.180. The van der Waals surface area contributed by atoms with Crippen LogP contribution in [0.2, 0.25) is 0 Å². The first-order valence-electron chi connectivity index (χ1n) is 12.0. The summed E-state index contributed by atoms with van der Waals surface area (Å²) >= 11 is 0. The first-order chi connectivity index (χ1) is 18.0. The standard InChI is InChI=1S/C27H30F3N7O/c1-18-5-6-19(12-25(18)37(32)17-24(31)20-4-3-7-33-16-20)26(38)34-22-13-21(27(28,29)30)14-23(15-22)36-10-8-35(2)9-11-36/h3-7,12-17H,8-11,31-32H2,1-2H3,(H,34,38)/b24-17-. The van der Waals surface area contributed by atoms with Crippen molar-refractivity contribution in [2.75, 3.05) is 48.5 Å². The molecular weight excluding hydrogens is 495 g/mol. The number of rotatable bonds is 6. The first-order valence-corrected chi connectivity index (χ1v) is 12.0. The summed E-state index contributed by atoms with van der Waals surface area (Å²) in [6.45, 7) is 4.47. The van der Waals surface area contributed by atoms with Crippen LogP contribution in [0.3, 0.4) is 0 Å². The van der Waals surface area contributed by atoms with Crippen molar-refractivity contribution < 1.29 is 18.0 Å². The van der Waals surface area contributed by atoms with E-state index in [1.54, 1.807) is 48.8 Å². The Hall–Kier alpha value is -4.09. The lowest BCUT2D eigenvalue weighted by Crippen LogP contribution is -2.44. The molecule has 0 atom stereocenters. The largest absolute Gasteiger partial charge is 0.416 e. The highest BCUT2D eigenvalue weighted by Crippen LogP contribution is 2.35. The fourth-order valence-corrected chi connectivity index (χ4v) is 4.15. The van der Waals surface area contributed by atoms with Crippen LogP contribution in [-0.4, -0.2) is 49.0 Å². The molecule has 1 aromatic heterocycles. The number of piperazine rings is 1. The fraction of sp³-hybridized carbons (Fsp3) is 0.259. The SMILES string of the molecule is Cc1ccc(C(=O)Nc2cc(N3CCN(C)CC3)cc(C(F)(F)F)c2)cc1N(N)/C=C(\N)c1cccnc1. The molecule has 1 fully saturated rings. The quantitative estimate of drug-likeness (QED) is 0.330. The Kier molecular flexibility index (Phi) is 7.88. The molecular formula is C27H30F3N7O. The van der Waals surface area contributed by atoms with Crippen LogP contribution in [-0.2, 0) is 6.18 Å². The average molecular weight is 526 g/mol. The molecule has 38 heavy (non-hydrogen) atoms. The van der Waals surface area contributed by atoms with Gasteiger partial charge in [-0.15, -0.1) is 0 Å². The molecule has 0 radical (unpaired) electrons. The Labute approximate surface area is 219 Å². The van der Waals surface area contributed by atoms with Crippen molar-refractivity contribution in [2.45, 2.75) is 13.1 Å². The van der Waals surface area contributed by atoms with Gasteiger partial charge in [-0.1, -0.05) is 6.07 Å². The number of aryl methyl sites for hydroxylation is 1. The molecule has 1 aliphatic rings. The van der Waals surface area contributed by atoms with Gasteiger partial charge < -0.3 is 20.9 Å². The van der Waals surface area contributed by atoms with Crippen molar-refractivity contribution in [3.63, 3.8) is 0 Å². The minimum Gasteiger partial charge on any atom is -0.397 e. The van der Waals surface area contributed by atoms with Crippen LogP contribution < -0.4 is 26.8 Å². The van der Waals surface area contributed by atoms with Crippen molar-refractivity contribution in [1.82, 2.24) is 9.88 Å². The van der Waals surface area contributed by atoms with Crippen LogP contribution in [0.5, 0.6) is 0 Å². The molecule has 1 saturated heterocycles. The van der Waals surface area contributed by atoms with Gasteiger partial charge in [0.05, 0.1) is 16.9 Å². The molecule has 0 unspecified atom stereocenters. The number of hydrogen-bond acceptors (Lipinski definition) is 7. The van der Waals surface area contributed by atoms with E-state index in [0.29, 0.717) is 35.7 Å². The van der Waals surface area contributed by atoms with Crippen LogP contribution >= 0.6 is 0 Å². The average Bonchev–Trinajstić information content (AvgIpc) is 2.89. The Morgan fingerprint density at radius 2 is 1.82 bits per heavy atom. The number of aromatic nitrogens is 1. The number of amides is 1. The molecule has 3 aromatic rings. The van der Waals surface area contributed by atoms with E-state index in [-0.39, 0.29) is 11.3 Å². The van der Waals surface area contributed by atoms with Crippen LogP contribution in [0, 0.1) is 6.92 Å². The van der Waals surface area contributed by atoms with E-state index in [1.165, 1.54) is 11.2 Å². The number of hydrogen-bond donors (Lipinski definition) is 3.